The Kier molecular flexibility index (Phi) is 7.64. The number of nitrogens with one attached hydrogen (secondary N) is 1. The van der Waals surface area contributed by atoms with E-state index in [1.165, 1.54) is 49.3 Å². The molecule has 2 saturated heterocycles. The zero-order chi connectivity index (χ0) is 22.8. The number of nitrogens with zero attached hydrogens (tertiary/aromatic N) is 3. The van der Waals surface area contributed by atoms with Crippen LogP contribution in [0.1, 0.15) is 53.9 Å². The summed E-state index contributed by atoms with van der Waals surface area (Å²) < 4.78 is 0. The lowest BCUT2D eigenvalue weighted by molar-refractivity contribution is 0.0544. The minimum atomic E-state index is -0.297. The van der Waals surface area contributed by atoms with Crippen LogP contribution < -0.4 is 0 Å². The SMILES string of the molecule is C=CN1CC(CC)=C(C=C(C)C)C1(C)/C(C=N)=C/CC1CCN(C(C)C2CN(C)C2)C1. The van der Waals surface area contributed by atoms with Crippen molar-refractivity contribution < 1.29 is 0 Å². The van der Waals surface area contributed by atoms with Gasteiger partial charge < -0.3 is 15.2 Å². The van der Waals surface area contributed by atoms with Gasteiger partial charge in [-0.1, -0.05) is 31.2 Å². The molecule has 3 aliphatic heterocycles. The fourth-order valence-electron chi connectivity index (χ4n) is 5.82. The Balaban J connectivity index is 1.75. The van der Waals surface area contributed by atoms with E-state index in [2.05, 4.69) is 75.1 Å². The molecule has 4 nitrogen and oxygen atoms in total. The third-order valence-electron chi connectivity index (χ3n) is 7.98. The van der Waals surface area contributed by atoms with E-state index in [1.807, 2.05) is 6.20 Å². The van der Waals surface area contributed by atoms with Crippen molar-refractivity contribution in [3.05, 3.63) is 47.2 Å². The summed E-state index contributed by atoms with van der Waals surface area (Å²) in [6.45, 7) is 21.2. The number of hydrogen-bond donors (Lipinski definition) is 1. The fraction of sp³-hybridized carbons (Fsp3) is 0.667. The van der Waals surface area contributed by atoms with Crippen molar-refractivity contribution in [2.45, 2.75) is 65.5 Å². The zero-order valence-corrected chi connectivity index (χ0v) is 20.7. The first-order valence-electron chi connectivity index (χ1n) is 12.1. The van der Waals surface area contributed by atoms with Gasteiger partial charge in [-0.2, -0.15) is 0 Å². The van der Waals surface area contributed by atoms with Crippen LogP contribution in [0.2, 0.25) is 0 Å². The van der Waals surface area contributed by atoms with Crippen LogP contribution in [-0.2, 0) is 0 Å². The summed E-state index contributed by atoms with van der Waals surface area (Å²) in [5.41, 5.74) is 4.94. The summed E-state index contributed by atoms with van der Waals surface area (Å²) in [7, 11) is 2.22. The Morgan fingerprint density at radius 3 is 2.55 bits per heavy atom. The van der Waals surface area contributed by atoms with E-state index < -0.39 is 0 Å². The highest BCUT2D eigenvalue weighted by Crippen LogP contribution is 2.42. The highest BCUT2D eigenvalue weighted by molar-refractivity contribution is 5.82. The average Bonchev–Trinajstić information content (AvgIpc) is 3.29. The third kappa shape index (κ3) is 4.75. The Labute approximate surface area is 190 Å². The number of allylic oxidation sites excluding steroid dienone is 2. The standard InChI is InChI=1S/C27H44N4/c1-8-23-19-31(9-2)27(6,26(23)14-20(3)4)25(15-28)11-10-22-12-13-30(16-22)21(5)24-17-29(7)18-24/h9,11,14-15,21-22,24,28H,2,8,10,12-13,16-19H2,1,3-7H3/b25-11+,28-15?. The lowest BCUT2D eigenvalue weighted by Crippen LogP contribution is -2.53. The summed E-state index contributed by atoms with van der Waals surface area (Å²) in [6, 6.07) is 0.690. The van der Waals surface area contributed by atoms with Crippen molar-refractivity contribution >= 4 is 6.21 Å². The van der Waals surface area contributed by atoms with Crippen LogP contribution in [0.4, 0.5) is 0 Å². The minimum Gasteiger partial charge on any atom is -0.361 e. The first kappa shape index (κ1) is 24.0. The molecule has 3 aliphatic rings. The van der Waals surface area contributed by atoms with E-state index >= 15 is 0 Å². The van der Waals surface area contributed by atoms with E-state index in [4.69, 9.17) is 5.41 Å². The molecule has 3 atom stereocenters. The van der Waals surface area contributed by atoms with Crippen LogP contribution in [-0.4, -0.2) is 72.3 Å². The van der Waals surface area contributed by atoms with Crippen LogP contribution in [0.3, 0.4) is 0 Å². The topological polar surface area (TPSA) is 33.6 Å². The van der Waals surface area contributed by atoms with Gasteiger partial charge >= 0.3 is 0 Å². The second kappa shape index (κ2) is 9.87. The van der Waals surface area contributed by atoms with Gasteiger partial charge in [0.1, 0.15) is 0 Å². The molecule has 3 rings (SSSR count). The lowest BCUT2D eigenvalue weighted by Gasteiger charge is -2.43. The fourth-order valence-corrected chi connectivity index (χ4v) is 5.82. The van der Waals surface area contributed by atoms with Gasteiger partial charge in [0.15, 0.2) is 0 Å². The summed E-state index contributed by atoms with van der Waals surface area (Å²) >= 11 is 0. The van der Waals surface area contributed by atoms with Crippen LogP contribution >= 0.6 is 0 Å². The molecule has 0 aromatic rings. The molecule has 4 heteroatoms. The average molecular weight is 425 g/mol. The van der Waals surface area contributed by atoms with Crippen molar-refractivity contribution in [1.29, 1.82) is 5.41 Å². The molecule has 3 heterocycles. The van der Waals surface area contributed by atoms with Crippen molar-refractivity contribution in [3.63, 3.8) is 0 Å². The van der Waals surface area contributed by atoms with Crippen molar-refractivity contribution in [2.75, 3.05) is 39.8 Å². The van der Waals surface area contributed by atoms with Gasteiger partial charge in [0.05, 0.1) is 5.54 Å². The number of rotatable bonds is 9. The van der Waals surface area contributed by atoms with E-state index in [9.17, 15) is 0 Å². The molecule has 31 heavy (non-hydrogen) atoms. The van der Waals surface area contributed by atoms with Gasteiger partial charge in [-0.25, -0.2) is 0 Å². The summed E-state index contributed by atoms with van der Waals surface area (Å²) in [6.07, 6.45) is 11.6. The number of likely N-dealkylation sites (tertiary alicyclic amines) is 2. The van der Waals surface area contributed by atoms with E-state index in [-0.39, 0.29) is 5.54 Å². The maximum Gasteiger partial charge on any atom is 0.0887 e. The lowest BCUT2D eigenvalue weighted by atomic mass is 9.81. The largest absolute Gasteiger partial charge is 0.361 e. The quantitative estimate of drug-likeness (QED) is 0.522. The zero-order valence-electron chi connectivity index (χ0n) is 20.7. The van der Waals surface area contributed by atoms with Crippen molar-refractivity contribution in [1.82, 2.24) is 14.7 Å². The molecule has 0 aromatic heterocycles. The van der Waals surface area contributed by atoms with Crippen LogP contribution in [0.25, 0.3) is 0 Å². The molecule has 0 radical (unpaired) electrons. The smallest absolute Gasteiger partial charge is 0.0887 e. The molecule has 0 amide bonds. The van der Waals surface area contributed by atoms with Gasteiger partial charge in [0.25, 0.3) is 0 Å². The van der Waals surface area contributed by atoms with Crippen molar-refractivity contribution in [2.24, 2.45) is 11.8 Å². The highest BCUT2D eigenvalue weighted by atomic mass is 15.2. The van der Waals surface area contributed by atoms with Crippen LogP contribution in [0.15, 0.2) is 47.2 Å². The van der Waals surface area contributed by atoms with Crippen LogP contribution in [0.5, 0.6) is 0 Å². The van der Waals surface area contributed by atoms with Gasteiger partial charge in [-0.15, -0.1) is 0 Å². The van der Waals surface area contributed by atoms with Crippen molar-refractivity contribution in [3.8, 4) is 0 Å². The molecule has 2 fully saturated rings. The molecule has 0 saturated carbocycles. The molecular weight excluding hydrogens is 380 g/mol. The molecule has 3 unspecified atom stereocenters. The van der Waals surface area contributed by atoms with E-state index in [0.29, 0.717) is 12.0 Å². The summed E-state index contributed by atoms with van der Waals surface area (Å²) in [4.78, 5) is 7.45. The first-order valence-corrected chi connectivity index (χ1v) is 12.1. The molecule has 0 aliphatic carbocycles. The van der Waals surface area contributed by atoms with Gasteiger partial charge in [0, 0.05) is 38.4 Å². The normalized spacial score (nSPS) is 29.3. The monoisotopic (exact) mass is 424 g/mol. The third-order valence-corrected chi connectivity index (χ3v) is 7.98. The predicted molar refractivity (Wildman–Crippen MR) is 134 cm³/mol. The minimum absolute atomic E-state index is 0.297. The summed E-state index contributed by atoms with van der Waals surface area (Å²) in [5, 5.41) is 8.29. The van der Waals surface area contributed by atoms with E-state index in [0.717, 1.165) is 30.9 Å². The molecule has 1 N–H and O–H groups in total. The van der Waals surface area contributed by atoms with Gasteiger partial charge in [-0.3, -0.25) is 4.90 Å². The molecular formula is C27H44N4. The summed E-state index contributed by atoms with van der Waals surface area (Å²) in [5.74, 6) is 1.53. The second-order valence-electron chi connectivity index (χ2n) is 10.4. The van der Waals surface area contributed by atoms with E-state index in [1.54, 1.807) is 6.21 Å². The highest BCUT2D eigenvalue weighted by Gasteiger charge is 2.42. The predicted octanol–water partition coefficient (Wildman–Crippen LogP) is 5.12. The maximum absolute atomic E-state index is 8.29. The molecule has 0 spiro atoms. The maximum atomic E-state index is 8.29. The second-order valence-corrected chi connectivity index (χ2v) is 10.4. The first-order chi connectivity index (χ1) is 14.7. The Morgan fingerprint density at radius 1 is 1.29 bits per heavy atom. The molecule has 0 aromatic carbocycles. The number of hydrogen-bond acceptors (Lipinski definition) is 4. The molecule has 172 valence electrons. The Bertz CT molecular complexity index is 766. The Hall–Kier alpha value is -1.65. The van der Waals surface area contributed by atoms with Gasteiger partial charge in [-0.05, 0) is 95.3 Å². The molecule has 0 bridgehead atoms. The van der Waals surface area contributed by atoms with Crippen LogP contribution in [0, 0.1) is 17.2 Å². The van der Waals surface area contributed by atoms with Gasteiger partial charge in [0.2, 0.25) is 0 Å². The Morgan fingerprint density at radius 2 is 2.00 bits per heavy atom.